The maximum Gasteiger partial charge on any atom is 0.200 e. The van der Waals surface area contributed by atoms with E-state index < -0.39 is 308 Å². The van der Waals surface area contributed by atoms with Crippen LogP contribution in [-0.2, 0) is 0 Å². The van der Waals surface area contributed by atoms with E-state index in [0.717, 1.165) is 0 Å². The van der Waals surface area contributed by atoms with E-state index >= 15 is 105 Å². The zero-order valence-electron chi connectivity index (χ0n) is 48.2. The second-order valence-corrected chi connectivity index (χ2v) is 21.5. The Morgan fingerprint density at radius 3 is 0.716 bits per heavy atom. The number of hydrogen-bond acceptors (Lipinski definition) is 2. The third kappa shape index (κ3) is 10.0. The quantitative estimate of drug-likeness (QED) is 0.0726. The Bertz CT molecular complexity index is 5480. The zero-order chi connectivity index (χ0) is 73.9. The molecular formula is C66H16F30N6. The molecule has 0 fully saturated rings. The van der Waals surface area contributed by atoms with Gasteiger partial charge in [-0.2, -0.15) is 0 Å². The number of aromatic amines is 4. The van der Waals surface area contributed by atoms with Gasteiger partial charge in [0.2, 0.25) is 34.9 Å². The van der Waals surface area contributed by atoms with Crippen molar-refractivity contribution in [2.24, 2.45) is 9.98 Å². The molecule has 0 amide bonds. The van der Waals surface area contributed by atoms with Gasteiger partial charge in [0.05, 0.1) is 56.2 Å². The number of fused-ring (bicyclic) bond motifs is 10. The highest BCUT2D eigenvalue weighted by molar-refractivity contribution is 6.31. The third-order valence-corrected chi connectivity index (χ3v) is 16.0. The lowest BCUT2D eigenvalue weighted by molar-refractivity contribution is 0.376. The predicted octanol–water partition coefficient (Wildman–Crippen LogP) is 15.3. The highest BCUT2D eigenvalue weighted by Crippen LogP contribution is 2.44. The van der Waals surface area contributed by atoms with Crippen molar-refractivity contribution in [3.05, 3.63) is 336 Å². The van der Waals surface area contributed by atoms with Crippen LogP contribution in [0.3, 0.4) is 0 Å². The van der Waals surface area contributed by atoms with E-state index in [1.54, 1.807) is 0 Å². The topological polar surface area (TPSA) is 87.9 Å². The molecule has 4 N–H and O–H groups in total. The summed E-state index contributed by atoms with van der Waals surface area (Å²) < 4.78 is 473. The number of H-pyrrole nitrogens is 4. The van der Waals surface area contributed by atoms with E-state index in [1.165, 1.54) is 0 Å². The van der Waals surface area contributed by atoms with Crippen molar-refractivity contribution >= 4 is 44.9 Å². The number of aromatic nitrogens is 4. The van der Waals surface area contributed by atoms with Crippen molar-refractivity contribution in [3.8, 4) is 0 Å². The largest absolute Gasteiger partial charge is 0.360 e. The molecule has 6 aromatic carbocycles. The normalized spacial score (nSPS) is 14.1. The Labute approximate surface area is 541 Å². The van der Waals surface area contributed by atoms with Crippen molar-refractivity contribution in [3.63, 3.8) is 0 Å². The molecule has 0 radical (unpaired) electrons. The van der Waals surface area contributed by atoms with Gasteiger partial charge in [0.1, 0.15) is 0 Å². The van der Waals surface area contributed by atoms with Gasteiger partial charge in [-0.15, -0.1) is 0 Å². The standard InChI is InChI=1S/C66H16F30N6/c67-37-31(38(68)50(80)61(91)49(37)79)25-13-11-24(97-12-13)30(36-47(77)59(89)66(96)60(90)48(36)78)23-10-9-22(102-23)29(35-45(75)57(87)65(95)58(88)46(35)76)21-8-7-20(101-21)28(34-43(73)55(85)64(94)56(86)44(34)74)19-6-5-18(100-19)27(33-41(71)53(83)63(93)54(84)42(33)72)17-4-3-16(99-17)26(15-2-1-14(25)98-15)32-39(69)51(81)62(92)52(82)40(32)70/h1-12,97,99-101H. The summed E-state index contributed by atoms with van der Waals surface area (Å²) in [5, 5.41) is -4.97. The van der Waals surface area contributed by atoms with Crippen molar-refractivity contribution in [1.29, 1.82) is 0 Å². The fraction of sp³-hybridized carbons (Fsp3) is 0. The summed E-state index contributed by atoms with van der Waals surface area (Å²) in [5.74, 6) is -85.7. The van der Waals surface area contributed by atoms with Crippen LogP contribution in [0.25, 0.3) is 33.4 Å². The van der Waals surface area contributed by atoms with E-state index in [9.17, 15) is 26.3 Å². The molecule has 3 aliphatic rings. The van der Waals surface area contributed by atoms with Gasteiger partial charge in [-0.25, -0.2) is 142 Å². The van der Waals surface area contributed by atoms with Crippen LogP contribution >= 0.6 is 0 Å². The van der Waals surface area contributed by atoms with Gasteiger partial charge in [0, 0.05) is 83.7 Å². The molecule has 13 rings (SSSR count). The minimum atomic E-state index is -2.91. The molecule has 7 heterocycles. The lowest BCUT2D eigenvalue weighted by Gasteiger charge is -2.14. The first-order chi connectivity index (χ1) is 48.1. The van der Waals surface area contributed by atoms with Gasteiger partial charge in [0.15, 0.2) is 140 Å². The average Bonchev–Trinajstić information content (AvgIpc) is 1.57. The summed E-state index contributed by atoms with van der Waals surface area (Å²) in [5.41, 5.74) is -32.7. The van der Waals surface area contributed by atoms with Crippen molar-refractivity contribution < 1.29 is 132 Å². The minimum absolute atomic E-state index is 0.263. The Hall–Kier alpha value is -11.9. The first-order valence-corrected chi connectivity index (χ1v) is 27.5. The van der Waals surface area contributed by atoms with Gasteiger partial charge in [-0.05, 0) is 66.8 Å². The molecule has 520 valence electrons. The Morgan fingerprint density at radius 1 is 0.206 bits per heavy atom. The van der Waals surface area contributed by atoms with Crippen molar-refractivity contribution in [2.45, 2.75) is 0 Å². The average molecular weight is 1460 g/mol. The van der Waals surface area contributed by atoms with E-state index in [1.807, 2.05) is 0 Å². The summed E-state index contributed by atoms with van der Waals surface area (Å²) in [4.78, 5) is 16.2. The van der Waals surface area contributed by atoms with Crippen LogP contribution in [0.1, 0.15) is 56.0 Å². The summed E-state index contributed by atoms with van der Waals surface area (Å²) in [7, 11) is 0. The zero-order valence-corrected chi connectivity index (χ0v) is 48.2. The molecule has 0 unspecified atom stereocenters. The number of nitrogens with one attached hydrogen (secondary N) is 4. The molecule has 0 spiro atoms. The first-order valence-electron chi connectivity index (χ1n) is 27.5. The lowest BCUT2D eigenvalue weighted by Crippen LogP contribution is -2.23. The van der Waals surface area contributed by atoms with E-state index in [0.29, 0.717) is 66.9 Å². The molecule has 0 saturated heterocycles. The van der Waals surface area contributed by atoms with E-state index in [-0.39, 0.29) is 6.07 Å². The van der Waals surface area contributed by atoms with Crippen LogP contribution in [0.15, 0.2) is 94.3 Å². The van der Waals surface area contributed by atoms with Gasteiger partial charge >= 0.3 is 0 Å². The monoisotopic (exact) mass is 1460 g/mol. The molecule has 10 aromatic rings. The summed E-state index contributed by atoms with van der Waals surface area (Å²) in [6.07, 6.45) is 1.82. The molecule has 36 heteroatoms. The fourth-order valence-electron chi connectivity index (χ4n) is 11.4. The smallest absolute Gasteiger partial charge is 0.200 e. The predicted molar refractivity (Wildman–Crippen MR) is 293 cm³/mol. The molecule has 0 aliphatic carbocycles. The number of rotatable bonds is 6. The number of aliphatic imine (C=N–C) groups is 2. The van der Waals surface area contributed by atoms with Crippen LogP contribution in [0.5, 0.6) is 0 Å². The molecule has 6 nitrogen and oxygen atoms in total. The maximum atomic E-state index is 16.5. The molecule has 4 aromatic heterocycles. The minimum Gasteiger partial charge on any atom is -0.360 e. The maximum absolute atomic E-state index is 16.5. The SMILES string of the molecule is Fc1c(F)c(F)c(C2=C3C=CC(=N3)C(c3c(F)c(F)c(F)c(F)c3F)=c3ccc([nH]3)=C(c3c(F)c(F)c(F)c(F)c3F)c3ccc([nH]3)C(c3c(F)c(F)c(F)c(F)c3F)=c3ccc([nH]3)=C(c3c(F)c(F)c(F)c(F)c3F)C3=NC(=C(c4c(F)c(F)c(F)c(F)c4F)c4cc2c[nH]4)C=C3)c(F)c1F. The number of halogens is 30. The number of nitrogens with zero attached hydrogens (tertiary/aromatic N) is 2. The van der Waals surface area contributed by atoms with E-state index in [2.05, 4.69) is 29.9 Å². The molecule has 12 bridgehead atoms. The lowest BCUT2D eigenvalue weighted by atomic mass is 9.94. The van der Waals surface area contributed by atoms with Crippen LogP contribution in [0, 0.1) is 175 Å². The summed E-state index contributed by atoms with van der Waals surface area (Å²) >= 11 is 0. The Kier molecular flexibility index (Phi) is 16.5. The van der Waals surface area contributed by atoms with Crippen LogP contribution in [-0.4, -0.2) is 31.4 Å². The molecule has 3 aliphatic heterocycles. The van der Waals surface area contributed by atoms with Crippen LogP contribution < -0.4 is 21.4 Å². The summed E-state index contributed by atoms with van der Waals surface area (Å²) in [6.45, 7) is 0. The van der Waals surface area contributed by atoms with E-state index in [4.69, 9.17) is 0 Å². The van der Waals surface area contributed by atoms with Gasteiger partial charge < -0.3 is 19.9 Å². The van der Waals surface area contributed by atoms with Crippen LogP contribution in [0.4, 0.5) is 132 Å². The number of benzene rings is 6. The Morgan fingerprint density at radius 2 is 0.431 bits per heavy atom. The second kappa shape index (κ2) is 24.5. The number of hydrogen-bond donors (Lipinski definition) is 4. The molecule has 102 heavy (non-hydrogen) atoms. The first kappa shape index (κ1) is 68.6. The fourth-order valence-corrected chi connectivity index (χ4v) is 11.4. The molecule has 0 saturated carbocycles. The second-order valence-electron chi connectivity index (χ2n) is 21.5. The van der Waals surface area contributed by atoms with Crippen molar-refractivity contribution in [2.75, 3.05) is 0 Å². The van der Waals surface area contributed by atoms with Crippen LogP contribution in [0.2, 0.25) is 0 Å². The molecule has 0 atom stereocenters. The molecular weight excluding hydrogens is 1450 g/mol. The summed E-state index contributed by atoms with van der Waals surface area (Å²) in [6, 6.07) is 2.75. The Balaban J connectivity index is 1.29. The van der Waals surface area contributed by atoms with Gasteiger partial charge in [-0.1, -0.05) is 0 Å². The number of allylic oxidation sites excluding steroid dienone is 4. The van der Waals surface area contributed by atoms with Gasteiger partial charge in [-0.3, -0.25) is 0 Å². The third-order valence-electron chi connectivity index (χ3n) is 16.0. The highest BCUT2D eigenvalue weighted by atomic mass is 19.2. The van der Waals surface area contributed by atoms with Gasteiger partial charge in [0.25, 0.3) is 0 Å². The van der Waals surface area contributed by atoms with Crippen molar-refractivity contribution in [1.82, 2.24) is 19.9 Å². The highest BCUT2D eigenvalue weighted by Gasteiger charge is 2.39.